The maximum absolute atomic E-state index is 12.5. The number of ether oxygens (including phenoxy) is 1. The minimum absolute atomic E-state index is 0.0856. The SMILES string of the molecule is COC(=O)c1ccc(CNC(=O)Cn2c(CSC)nc3ccccc32)cc1. The van der Waals surface area contributed by atoms with Gasteiger partial charge in [-0.3, -0.25) is 4.79 Å². The van der Waals surface area contributed by atoms with Crippen molar-refractivity contribution < 1.29 is 14.3 Å². The van der Waals surface area contributed by atoms with E-state index < -0.39 is 0 Å². The quantitative estimate of drug-likeness (QED) is 0.635. The largest absolute Gasteiger partial charge is 0.465 e. The molecule has 0 aliphatic heterocycles. The average molecular weight is 383 g/mol. The lowest BCUT2D eigenvalue weighted by Gasteiger charge is -2.10. The summed E-state index contributed by atoms with van der Waals surface area (Å²) in [5.41, 5.74) is 3.25. The third-order valence-corrected chi connectivity index (χ3v) is 4.72. The first-order valence-electron chi connectivity index (χ1n) is 8.49. The molecule has 1 aromatic heterocycles. The fourth-order valence-corrected chi connectivity index (χ4v) is 3.30. The first kappa shape index (κ1) is 19.0. The highest BCUT2D eigenvalue weighted by molar-refractivity contribution is 7.97. The summed E-state index contributed by atoms with van der Waals surface area (Å²) in [6.07, 6.45) is 2.02. The van der Waals surface area contributed by atoms with Crippen molar-refractivity contribution >= 4 is 34.7 Å². The maximum Gasteiger partial charge on any atom is 0.337 e. The van der Waals surface area contributed by atoms with Crippen LogP contribution in [-0.4, -0.2) is 34.8 Å². The molecular weight excluding hydrogens is 362 g/mol. The third kappa shape index (κ3) is 4.49. The van der Waals surface area contributed by atoms with Crippen LogP contribution in [0.4, 0.5) is 0 Å². The molecule has 3 aromatic rings. The number of nitrogens with one attached hydrogen (secondary N) is 1. The zero-order chi connectivity index (χ0) is 19.2. The number of carbonyl (C=O) groups is 2. The molecule has 0 bridgehead atoms. The van der Waals surface area contributed by atoms with E-state index in [1.807, 2.05) is 35.1 Å². The number of aromatic nitrogens is 2. The number of amides is 1. The van der Waals surface area contributed by atoms with Crippen LogP contribution < -0.4 is 5.32 Å². The van der Waals surface area contributed by atoms with Gasteiger partial charge >= 0.3 is 5.97 Å². The molecular formula is C20H21N3O3S. The van der Waals surface area contributed by atoms with E-state index in [9.17, 15) is 9.59 Å². The van der Waals surface area contributed by atoms with E-state index in [1.54, 1.807) is 36.0 Å². The third-order valence-electron chi connectivity index (χ3n) is 4.17. The zero-order valence-electron chi connectivity index (χ0n) is 15.3. The van der Waals surface area contributed by atoms with Crippen LogP contribution in [0.3, 0.4) is 0 Å². The van der Waals surface area contributed by atoms with E-state index in [4.69, 9.17) is 0 Å². The Kier molecular flexibility index (Phi) is 6.13. The number of hydrogen-bond donors (Lipinski definition) is 1. The van der Waals surface area contributed by atoms with Gasteiger partial charge in [0.2, 0.25) is 5.91 Å². The molecule has 7 heteroatoms. The molecule has 0 saturated heterocycles. The molecule has 140 valence electrons. The molecule has 27 heavy (non-hydrogen) atoms. The van der Waals surface area contributed by atoms with Gasteiger partial charge in [0, 0.05) is 6.54 Å². The summed E-state index contributed by atoms with van der Waals surface area (Å²) in [5, 5.41) is 2.92. The molecule has 0 aliphatic carbocycles. The Bertz CT molecular complexity index is 951. The molecule has 1 N–H and O–H groups in total. The summed E-state index contributed by atoms with van der Waals surface area (Å²) < 4.78 is 6.64. The highest BCUT2D eigenvalue weighted by atomic mass is 32.2. The molecule has 6 nitrogen and oxygen atoms in total. The Labute approximate surface area is 161 Å². The van der Waals surface area contributed by atoms with Crippen molar-refractivity contribution in [2.45, 2.75) is 18.8 Å². The van der Waals surface area contributed by atoms with E-state index in [0.29, 0.717) is 12.1 Å². The zero-order valence-corrected chi connectivity index (χ0v) is 16.1. The summed E-state index contributed by atoms with van der Waals surface area (Å²) >= 11 is 1.67. The Morgan fingerprint density at radius 1 is 1.15 bits per heavy atom. The molecule has 2 aromatic carbocycles. The summed E-state index contributed by atoms with van der Waals surface area (Å²) in [4.78, 5) is 28.5. The van der Waals surface area contributed by atoms with Gasteiger partial charge in [0.25, 0.3) is 0 Å². The number of esters is 1. The van der Waals surface area contributed by atoms with Gasteiger partial charge in [0.15, 0.2) is 0 Å². The van der Waals surface area contributed by atoms with Crippen LogP contribution in [0, 0.1) is 0 Å². The van der Waals surface area contributed by atoms with Gasteiger partial charge in [-0.15, -0.1) is 0 Å². The summed E-state index contributed by atoms with van der Waals surface area (Å²) in [6.45, 7) is 0.613. The number of rotatable bonds is 7. The molecule has 0 radical (unpaired) electrons. The van der Waals surface area contributed by atoms with Crippen molar-refractivity contribution in [1.29, 1.82) is 0 Å². The van der Waals surface area contributed by atoms with E-state index in [2.05, 4.69) is 15.0 Å². The fraction of sp³-hybridized carbons (Fsp3) is 0.250. The van der Waals surface area contributed by atoms with Crippen LogP contribution >= 0.6 is 11.8 Å². The van der Waals surface area contributed by atoms with Gasteiger partial charge in [-0.05, 0) is 36.1 Å². The minimum atomic E-state index is -0.376. The van der Waals surface area contributed by atoms with Crippen LogP contribution in [-0.2, 0) is 28.4 Å². The lowest BCUT2D eigenvalue weighted by atomic mass is 10.1. The molecule has 0 atom stereocenters. The average Bonchev–Trinajstić information content (AvgIpc) is 3.04. The second kappa shape index (κ2) is 8.73. The van der Waals surface area contributed by atoms with Crippen molar-refractivity contribution in [3.63, 3.8) is 0 Å². The monoisotopic (exact) mass is 383 g/mol. The van der Waals surface area contributed by atoms with Crippen LogP contribution in [0.2, 0.25) is 0 Å². The predicted molar refractivity (Wildman–Crippen MR) is 107 cm³/mol. The topological polar surface area (TPSA) is 73.2 Å². The second-order valence-corrected chi connectivity index (χ2v) is 6.87. The van der Waals surface area contributed by atoms with E-state index in [1.165, 1.54) is 7.11 Å². The van der Waals surface area contributed by atoms with Gasteiger partial charge in [-0.25, -0.2) is 9.78 Å². The van der Waals surface area contributed by atoms with Crippen LogP contribution in [0.1, 0.15) is 21.7 Å². The normalized spacial score (nSPS) is 10.7. The summed E-state index contributed by atoms with van der Waals surface area (Å²) in [7, 11) is 1.35. The number of para-hydroxylation sites is 2. The Morgan fingerprint density at radius 3 is 2.59 bits per heavy atom. The van der Waals surface area contributed by atoms with Crippen molar-refractivity contribution in [3.05, 3.63) is 65.5 Å². The lowest BCUT2D eigenvalue weighted by molar-refractivity contribution is -0.121. The van der Waals surface area contributed by atoms with Crippen LogP contribution in [0.25, 0.3) is 11.0 Å². The maximum atomic E-state index is 12.5. The molecule has 0 aliphatic rings. The Balaban J connectivity index is 1.67. The fourth-order valence-electron chi connectivity index (χ4n) is 2.82. The highest BCUT2D eigenvalue weighted by Crippen LogP contribution is 2.18. The smallest absolute Gasteiger partial charge is 0.337 e. The van der Waals surface area contributed by atoms with E-state index >= 15 is 0 Å². The molecule has 1 amide bonds. The molecule has 0 fully saturated rings. The van der Waals surface area contributed by atoms with E-state index in [-0.39, 0.29) is 18.4 Å². The number of methoxy groups -OCH3 is 1. The van der Waals surface area contributed by atoms with Gasteiger partial charge < -0.3 is 14.6 Å². The first-order chi connectivity index (χ1) is 13.1. The molecule has 0 saturated carbocycles. The summed E-state index contributed by atoms with van der Waals surface area (Å²) in [5.74, 6) is 1.18. The second-order valence-electron chi connectivity index (χ2n) is 6.00. The standard InChI is InChI=1S/C20H21N3O3S/c1-26-20(25)15-9-7-14(8-10-15)11-21-19(24)12-23-17-6-4-3-5-16(17)22-18(23)13-27-2/h3-10H,11-13H2,1-2H3,(H,21,24). The Morgan fingerprint density at radius 2 is 1.89 bits per heavy atom. The van der Waals surface area contributed by atoms with Gasteiger partial charge in [-0.2, -0.15) is 11.8 Å². The molecule has 3 rings (SSSR count). The number of fused-ring (bicyclic) bond motifs is 1. The molecule has 0 spiro atoms. The highest BCUT2D eigenvalue weighted by Gasteiger charge is 2.13. The summed E-state index contributed by atoms with van der Waals surface area (Å²) in [6, 6.07) is 14.8. The van der Waals surface area contributed by atoms with Gasteiger partial charge in [-0.1, -0.05) is 24.3 Å². The van der Waals surface area contributed by atoms with Crippen molar-refractivity contribution in [3.8, 4) is 0 Å². The van der Waals surface area contributed by atoms with E-state index in [0.717, 1.165) is 28.2 Å². The van der Waals surface area contributed by atoms with Crippen LogP contribution in [0.5, 0.6) is 0 Å². The first-order valence-corrected chi connectivity index (χ1v) is 9.88. The number of thioether (sulfide) groups is 1. The predicted octanol–water partition coefficient (Wildman–Crippen LogP) is 3.00. The lowest BCUT2D eigenvalue weighted by Crippen LogP contribution is -2.27. The minimum Gasteiger partial charge on any atom is -0.465 e. The number of benzene rings is 2. The molecule has 0 unspecified atom stereocenters. The van der Waals surface area contributed by atoms with Crippen molar-refractivity contribution in [2.24, 2.45) is 0 Å². The number of hydrogen-bond acceptors (Lipinski definition) is 5. The number of carbonyl (C=O) groups excluding carboxylic acids is 2. The number of imidazole rings is 1. The molecule has 1 heterocycles. The van der Waals surface area contributed by atoms with Crippen LogP contribution in [0.15, 0.2) is 48.5 Å². The van der Waals surface area contributed by atoms with Crippen molar-refractivity contribution in [1.82, 2.24) is 14.9 Å². The Hall–Kier alpha value is -2.80. The van der Waals surface area contributed by atoms with Crippen molar-refractivity contribution in [2.75, 3.05) is 13.4 Å². The van der Waals surface area contributed by atoms with Gasteiger partial charge in [0.1, 0.15) is 12.4 Å². The van der Waals surface area contributed by atoms with Gasteiger partial charge in [0.05, 0.1) is 29.5 Å². The number of nitrogens with zero attached hydrogens (tertiary/aromatic N) is 2.